The second-order valence-corrected chi connectivity index (χ2v) is 3.00. The van der Waals surface area contributed by atoms with Gasteiger partial charge in [0.25, 0.3) is 0 Å². The van der Waals surface area contributed by atoms with Crippen molar-refractivity contribution in [1.82, 2.24) is 0 Å². The van der Waals surface area contributed by atoms with Gasteiger partial charge < -0.3 is 0 Å². The van der Waals surface area contributed by atoms with Crippen LogP contribution < -0.4 is 0 Å². The minimum atomic E-state index is 0.652. The van der Waals surface area contributed by atoms with Gasteiger partial charge in [-0.25, -0.2) is 0 Å². The van der Waals surface area contributed by atoms with Gasteiger partial charge in [-0.1, -0.05) is 42.5 Å². The maximum absolute atomic E-state index is 2.31. The van der Waals surface area contributed by atoms with Gasteiger partial charge >= 0.3 is 0 Å². The Kier molecular flexibility index (Phi) is 1.76. The van der Waals surface area contributed by atoms with Crippen LogP contribution in [0.2, 0.25) is 0 Å². The van der Waals surface area contributed by atoms with Crippen molar-refractivity contribution < 1.29 is 0 Å². The van der Waals surface area contributed by atoms with Gasteiger partial charge in [0.05, 0.1) is 0 Å². The third kappa shape index (κ3) is 1.35. The summed E-state index contributed by atoms with van der Waals surface area (Å²) in [6, 6.07) is 0. The van der Waals surface area contributed by atoms with Gasteiger partial charge in [-0.3, -0.25) is 0 Å². The van der Waals surface area contributed by atoms with Crippen LogP contribution in [0.3, 0.4) is 0 Å². The van der Waals surface area contributed by atoms with Crippen molar-refractivity contribution in [3.05, 3.63) is 48.1 Å². The van der Waals surface area contributed by atoms with E-state index in [2.05, 4.69) is 42.5 Å². The number of hydrogen-bond acceptors (Lipinski definition) is 0. The largest absolute Gasteiger partial charge is 0.0836 e. The lowest BCUT2D eigenvalue weighted by Gasteiger charge is -2.12. The predicted octanol–water partition coefficient (Wildman–Crippen LogP) is 3.01. The van der Waals surface area contributed by atoms with E-state index in [1.54, 1.807) is 0 Å². The molecule has 0 fully saturated rings. The molecule has 0 amide bonds. The Morgan fingerprint density at radius 3 is 2.82 bits per heavy atom. The summed E-state index contributed by atoms with van der Waals surface area (Å²) in [5, 5.41) is 0. The third-order valence-electron chi connectivity index (χ3n) is 2.21. The molecule has 0 saturated carbocycles. The molecule has 2 rings (SSSR count). The van der Waals surface area contributed by atoms with E-state index in [1.165, 1.54) is 12.0 Å². The number of hydrogen-bond donors (Lipinski definition) is 0. The molecule has 0 aromatic heterocycles. The highest BCUT2D eigenvalue weighted by Crippen LogP contribution is 2.25. The maximum Gasteiger partial charge on any atom is 0.00525 e. The Labute approximate surface area is 67.6 Å². The van der Waals surface area contributed by atoms with Crippen molar-refractivity contribution in [2.24, 2.45) is 5.92 Å². The molecule has 0 heterocycles. The molecule has 0 N–H and O–H groups in total. The predicted molar refractivity (Wildman–Crippen MR) is 48.2 cm³/mol. The highest BCUT2D eigenvalue weighted by molar-refractivity contribution is 5.33. The molecule has 0 aromatic carbocycles. The molecule has 0 heteroatoms. The van der Waals surface area contributed by atoms with Crippen molar-refractivity contribution >= 4 is 0 Å². The molecule has 56 valence electrons. The van der Waals surface area contributed by atoms with Crippen molar-refractivity contribution in [3.63, 3.8) is 0 Å². The van der Waals surface area contributed by atoms with Crippen molar-refractivity contribution in [2.75, 3.05) is 0 Å². The van der Waals surface area contributed by atoms with Gasteiger partial charge in [-0.2, -0.15) is 0 Å². The number of rotatable bonds is 1. The van der Waals surface area contributed by atoms with Crippen LogP contribution in [0.25, 0.3) is 0 Å². The van der Waals surface area contributed by atoms with Crippen molar-refractivity contribution in [2.45, 2.75) is 12.8 Å². The number of allylic oxidation sites excluding steroid dienone is 8. The molecule has 2 aliphatic rings. The Hall–Kier alpha value is -1.04. The van der Waals surface area contributed by atoms with Crippen LogP contribution in [0, 0.1) is 5.92 Å². The molecule has 0 aliphatic heterocycles. The first-order valence-corrected chi connectivity index (χ1v) is 4.17. The summed E-state index contributed by atoms with van der Waals surface area (Å²) in [6.45, 7) is 0. The van der Waals surface area contributed by atoms with Gasteiger partial charge in [-0.15, -0.1) is 0 Å². The van der Waals surface area contributed by atoms with Gasteiger partial charge in [0.2, 0.25) is 0 Å². The zero-order valence-electron chi connectivity index (χ0n) is 6.53. The lowest BCUT2D eigenvalue weighted by Crippen LogP contribution is -1.98. The van der Waals surface area contributed by atoms with E-state index >= 15 is 0 Å². The second kappa shape index (κ2) is 2.91. The first-order valence-electron chi connectivity index (χ1n) is 4.17. The molecule has 0 bridgehead atoms. The van der Waals surface area contributed by atoms with E-state index < -0.39 is 0 Å². The van der Waals surface area contributed by atoms with Gasteiger partial charge in [0, 0.05) is 5.92 Å². The summed E-state index contributed by atoms with van der Waals surface area (Å²) in [5.74, 6) is 0.652. The SMILES string of the molecule is C1=CCC(C2=CCC=C2)C=C1. The maximum atomic E-state index is 2.31. The second-order valence-electron chi connectivity index (χ2n) is 3.00. The average molecular weight is 144 g/mol. The van der Waals surface area contributed by atoms with Crippen LogP contribution in [0.15, 0.2) is 48.1 Å². The molecule has 0 radical (unpaired) electrons. The molecule has 0 saturated heterocycles. The van der Waals surface area contributed by atoms with Crippen LogP contribution in [-0.4, -0.2) is 0 Å². The van der Waals surface area contributed by atoms with Crippen LogP contribution in [0.4, 0.5) is 0 Å². The van der Waals surface area contributed by atoms with Crippen LogP contribution in [0.1, 0.15) is 12.8 Å². The van der Waals surface area contributed by atoms with Crippen LogP contribution in [0.5, 0.6) is 0 Å². The van der Waals surface area contributed by atoms with E-state index in [1.807, 2.05) is 0 Å². The van der Waals surface area contributed by atoms with Crippen LogP contribution >= 0.6 is 0 Å². The molecule has 11 heavy (non-hydrogen) atoms. The Bertz CT molecular complexity index is 251. The summed E-state index contributed by atoms with van der Waals surface area (Å²) in [4.78, 5) is 0. The molecule has 0 spiro atoms. The lowest BCUT2D eigenvalue weighted by molar-refractivity contribution is 0.788. The summed E-state index contributed by atoms with van der Waals surface area (Å²) in [7, 11) is 0. The Balaban J connectivity index is 2.11. The smallest absolute Gasteiger partial charge is 0.00525 e. The van der Waals surface area contributed by atoms with Crippen LogP contribution in [-0.2, 0) is 0 Å². The average Bonchev–Trinajstić information content (AvgIpc) is 2.58. The molecular formula is C11H12. The lowest BCUT2D eigenvalue weighted by atomic mass is 9.93. The minimum Gasteiger partial charge on any atom is -0.0836 e. The summed E-state index contributed by atoms with van der Waals surface area (Å²) in [6.07, 6.45) is 17.9. The van der Waals surface area contributed by atoms with E-state index in [-0.39, 0.29) is 0 Å². The summed E-state index contributed by atoms with van der Waals surface area (Å²) in [5.41, 5.74) is 1.49. The fraction of sp³-hybridized carbons (Fsp3) is 0.273. The summed E-state index contributed by atoms with van der Waals surface area (Å²) >= 11 is 0. The van der Waals surface area contributed by atoms with Gasteiger partial charge in [0.1, 0.15) is 0 Å². The Morgan fingerprint density at radius 1 is 1.18 bits per heavy atom. The zero-order valence-corrected chi connectivity index (χ0v) is 6.53. The topological polar surface area (TPSA) is 0 Å². The van der Waals surface area contributed by atoms with E-state index in [0.717, 1.165) is 6.42 Å². The van der Waals surface area contributed by atoms with Crippen molar-refractivity contribution in [3.8, 4) is 0 Å². The highest BCUT2D eigenvalue weighted by Gasteiger charge is 2.09. The molecule has 0 aromatic rings. The highest BCUT2D eigenvalue weighted by atomic mass is 14.1. The standard InChI is InChI=1S/C11H12/c1-2-6-10(7-3-1)11-8-4-5-9-11/h1-4,6,8-10H,5,7H2. The molecule has 1 unspecified atom stereocenters. The van der Waals surface area contributed by atoms with E-state index in [0.29, 0.717) is 5.92 Å². The molecule has 2 aliphatic carbocycles. The zero-order chi connectivity index (χ0) is 7.52. The fourth-order valence-electron chi connectivity index (χ4n) is 1.58. The van der Waals surface area contributed by atoms with Crippen molar-refractivity contribution in [1.29, 1.82) is 0 Å². The summed E-state index contributed by atoms with van der Waals surface area (Å²) < 4.78 is 0. The molecular weight excluding hydrogens is 132 g/mol. The quantitative estimate of drug-likeness (QED) is 0.530. The van der Waals surface area contributed by atoms with Gasteiger partial charge in [0.15, 0.2) is 0 Å². The normalized spacial score (nSPS) is 27.6. The molecule has 0 nitrogen and oxygen atoms in total. The van der Waals surface area contributed by atoms with Gasteiger partial charge in [-0.05, 0) is 18.4 Å². The monoisotopic (exact) mass is 144 g/mol. The minimum absolute atomic E-state index is 0.652. The first-order chi connectivity index (χ1) is 5.47. The Morgan fingerprint density at radius 2 is 2.18 bits per heavy atom. The fourth-order valence-corrected chi connectivity index (χ4v) is 1.58. The van der Waals surface area contributed by atoms with E-state index in [4.69, 9.17) is 0 Å². The van der Waals surface area contributed by atoms with E-state index in [9.17, 15) is 0 Å². The molecule has 1 atom stereocenters. The first kappa shape index (κ1) is 6.66. The third-order valence-corrected chi connectivity index (χ3v) is 2.21.